The lowest BCUT2D eigenvalue weighted by Crippen LogP contribution is -2.42. The van der Waals surface area contributed by atoms with E-state index in [4.69, 9.17) is 26.6 Å². The molecule has 10 nitrogen and oxygen atoms in total. The van der Waals surface area contributed by atoms with E-state index in [1.165, 1.54) is 29.4 Å². The first-order valence-corrected chi connectivity index (χ1v) is 11.2. The molecule has 186 valence electrons. The number of urea groups is 1. The first-order chi connectivity index (χ1) is 17.4. The molecule has 0 aliphatic carbocycles. The molecule has 0 saturated carbocycles. The Hall–Kier alpha value is -4.28. The van der Waals surface area contributed by atoms with Crippen LogP contribution in [-0.4, -0.2) is 62.9 Å². The van der Waals surface area contributed by atoms with Crippen LogP contribution >= 0.6 is 11.6 Å². The number of benzene rings is 2. The number of carbonyl (C=O) groups is 3. The summed E-state index contributed by atoms with van der Waals surface area (Å²) in [5.74, 6) is -0.621. The van der Waals surface area contributed by atoms with Crippen LogP contribution in [0.4, 0.5) is 10.5 Å². The van der Waals surface area contributed by atoms with Gasteiger partial charge in [-0.05, 0) is 54.4 Å². The van der Waals surface area contributed by atoms with Crippen LogP contribution in [0.2, 0.25) is 5.02 Å². The Kier molecular flexibility index (Phi) is 9.49. The Labute approximate surface area is 212 Å². The molecule has 0 saturated heterocycles. The second-order valence-electron chi connectivity index (χ2n) is 7.42. The summed E-state index contributed by atoms with van der Waals surface area (Å²) in [6, 6.07) is 17.2. The van der Waals surface area contributed by atoms with Crippen LogP contribution in [0.3, 0.4) is 0 Å². The highest BCUT2D eigenvalue weighted by molar-refractivity contribution is 6.30. The number of rotatable bonds is 11. The predicted molar refractivity (Wildman–Crippen MR) is 133 cm³/mol. The molecule has 36 heavy (non-hydrogen) atoms. The van der Waals surface area contributed by atoms with Crippen LogP contribution in [0, 0.1) is 0 Å². The number of hydrogen-bond donors (Lipinski definition) is 2. The third kappa shape index (κ3) is 7.62. The second-order valence-corrected chi connectivity index (χ2v) is 7.86. The van der Waals surface area contributed by atoms with Crippen LogP contribution in [0.1, 0.15) is 22.5 Å². The minimum absolute atomic E-state index is 0.0624. The summed E-state index contributed by atoms with van der Waals surface area (Å²) in [6.45, 7) is 0.0378. The zero-order chi connectivity index (χ0) is 25.9. The molecule has 0 spiro atoms. The van der Waals surface area contributed by atoms with E-state index >= 15 is 0 Å². The van der Waals surface area contributed by atoms with E-state index in [0.29, 0.717) is 22.9 Å². The van der Waals surface area contributed by atoms with Crippen LogP contribution in [0.5, 0.6) is 11.6 Å². The zero-order valence-electron chi connectivity index (χ0n) is 19.0. The van der Waals surface area contributed by atoms with Gasteiger partial charge in [-0.3, -0.25) is 14.6 Å². The number of aliphatic hydroxyl groups excluding tert-OH is 1. The monoisotopic (exact) mass is 510 g/mol. The molecule has 1 aromatic heterocycles. The summed E-state index contributed by atoms with van der Waals surface area (Å²) in [5.41, 5.74) is 1.13. The van der Waals surface area contributed by atoms with Crippen molar-refractivity contribution in [3.8, 4) is 11.6 Å². The Morgan fingerprint density at radius 3 is 2.39 bits per heavy atom. The Morgan fingerprint density at radius 2 is 1.75 bits per heavy atom. The van der Waals surface area contributed by atoms with Crippen LogP contribution in [0.25, 0.3) is 0 Å². The lowest BCUT2D eigenvalue weighted by Gasteiger charge is -2.23. The quantitative estimate of drug-likeness (QED) is 0.222. The molecule has 3 rings (SSSR count). The molecular formula is C25H23ClN4O6. The fourth-order valence-electron chi connectivity index (χ4n) is 2.99. The predicted octanol–water partition coefficient (Wildman–Crippen LogP) is 4.35. The molecule has 0 bridgehead atoms. The summed E-state index contributed by atoms with van der Waals surface area (Å²) >= 11 is 5.94. The van der Waals surface area contributed by atoms with Gasteiger partial charge in [-0.1, -0.05) is 29.8 Å². The number of carboxylic acids is 1. The number of aromatic carboxylic acids is 1. The smallest absolute Gasteiger partial charge is 0.354 e. The molecule has 2 N–H and O–H groups in total. The van der Waals surface area contributed by atoms with Gasteiger partial charge < -0.3 is 14.9 Å². The summed E-state index contributed by atoms with van der Waals surface area (Å²) in [4.78, 5) is 46.0. The van der Waals surface area contributed by atoms with Gasteiger partial charge in [0.15, 0.2) is 5.69 Å². The number of carbonyl (C=O) groups excluding carboxylic acids is 2. The topological polar surface area (TPSA) is 133 Å². The van der Waals surface area contributed by atoms with E-state index in [-0.39, 0.29) is 37.7 Å². The SMILES string of the molecule is O=CN(CCCO)C(=O)N(C=Nc1ccc(Oc2cccc(C(=O)O)n2)cc1)Cc1ccc(Cl)cc1. The largest absolute Gasteiger partial charge is 0.477 e. The lowest BCUT2D eigenvalue weighted by atomic mass is 10.2. The number of halogens is 1. The van der Waals surface area contributed by atoms with Crippen LogP contribution < -0.4 is 4.74 Å². The Bertz CT molecular complexity index is 1220. The molecule has 0 fully saturated rings. The van der Waals surface area contributed by atoms with Gasteiger partial charge >= 0.3 is 12.0 Å². The normalized spacial score (nSPS) is 10.7. The average Bonchev–Trinajstić information content (AvgIpc) is 2.89. The standard InChI is InChI=1S/C25H23ClN4O6/c26-19-7-5-18(6-8-19)15-30(25(35)29(17-32)13-2-14-31)16-27-20-9-11-21(12-10-20)36-23-4-1-3-22(28-23)24(33)34/h1,3-12,16-17,31H,2,13-15H2,(H,33,34). The summed E-state index contributed by atoms with van der Waals surface area (Å²) < 4.78 is 5.59. The third-order valence-corrected chi connectivity index (χ3v) is 5.04. The highest BCUT2D eigenvalue weighted by Gasteiger charge is 2.19. The van der Waals surface area contributed by atoms with E-state index in [0.717, 1.165) is 10.5 Å². The number of imide groups is 1. The van der Waals surface area contributed by atoms with Gasteiger partial charge in [0.25, 0.3) is 0 Å². The van der Waals surface area contributed by atoms with Crippen molar-refractivity contribution in [3.05, 3.63) is 83.0 Å². The highest BCUT2D eigenvalue weighted by atomic mass is 35.5. The number of pyridine rings is 1. The van der Waals surface area contributed by atoms with E-state index in [1.54, 1.807) is 48.5 Å². The van der Waals surface area contributed by atoms with Crippen molar-refractivity contribution in [1.29, 1.82) is 0 Å². The van der Waals surface area contributed by atoms with E-state index < -0.39 is 12.0 Å². The third-order valence-electron chi connectivity index (χ3n) is 4.79. The van der Waals surface area contributed by atoms with Gasteiger partial charge in [-0.25, -0.2) is 19.6 Å². The molecular weight excluding hydrogens is 488 g/mol. The number of hydrogen-bond acceptors (Lipinski definition) is 7. The molecule has 1 heterocycles. The van der Waals surface area contributed by atoms with Crippen LogP contribution in [0.15, 0.2) is 71.7 Å². The maximum atomic E-state index is 13.0. The van der Waals surface area contributed by atoms with Crippen molar-refractivity contribution in [2.24, 2.45) is 4.99 Å². The molecule has 11 heteroatoms. The molecule has 2 aromatic carbocycles. The van der Waals surface area contributed by atoms with Gasteiger partial charge in [0.05, 0.1) is 18.6 Å². The van der Waals surface area contributed by atoms with Gasteiger partial charge in [-0.2, -0.15) is 0 Å². The second kappa shape index (κ2) is 13.0. The Balaban J connectivity index is 1.75. The number of carboxylic acid groups (broad SMARTS) is 1. The van der Waals surface area contributed by atoms with Crippen molar-refractivity contribution < 1.29 is 29.3 Å². The van der Waals surface area contributed by atoms with Crippen molar-refractivity contribution in [3.63, 3.8) is 0 Å². The Morgan fingerprint density at radius 1 is 1.03 bits per heavy atom. The molecule has 0 radical (unpaired) electrons. The molecule has 0 aliphatic heterocycles. The number of ether oxygens (including phenoxy) is 1. The number of nitrogens with zero attached hydrogens (tertiary/aromatic N) is 4. The van der Waals surface area contributed by atoms with Gasteiger partial charge in [-0.15, -0.1) is 0 Å². The maximum absolute atomic E-state index is 13.0. The fraction of sp³-hybridized carbons (Fsp3) is 0.160. The maximum Gasteiger partial charge on any atom is 0.354 e. The summed E-state index contributed by atoms with van der Waals surface area (Å²) in [7, 11) is 0. The summed E-state index contributed by atoms with van der Waals surface area (Å²) in [6.07, 6.45) is 1.99. The minimum atomic E-state index is -1.16. The number of aliphatic imine (C=N–C) groups is 1. The first-order valence-electron chi connectivity index (χ1n) is 10.8. The first kappa shape index (κ1) is 26.3. The molecule has 0 aliphatic rings. The molecule has 3 amide bonds. The van der Waals surface area contributed by atoms with Gasteiger partial charge in [0.1, 0.15) is 5.75 Å². The molecule has 0 unspecified atom stereocenters. The number of aliphatic hydroxyl groups is 1. The van der Waals surface area contributed by atoms with E-state index in [9.17, 15) is 14.4 Å². The number of amides is 3. The molecule has 0 atom stereocenters. The average molecular weight is 511 g/mol. The minimum Gasteiger partial charge on any atom is -0.477 e. The lowest BCUT2D eigenvalue weighted by molar-refractivity contribution is -0.116. The van der Waals surface area contributed by atoms with Crippen molar-refractivity contribution in [1.82, 2.24) is 14.8 Å². The van der Waals surface area contributed by atoms with Crippen molar-refractivity contribution in [2.75, 3.05) is 13.2 Å². The fourth-order valence-corrected chi connectivity index (χ4v) is 3.12. The number of aromatic nitrogens is 1. The van der Waals surface area contributed by atoms with Crippen LogP contribution in [-0.2, 0) is 11.3 Å². The highest BCUT2D eigenvalue weighted by Crippen LogP contribution is 2.23. The summed E-state index contributed by atoms with van der Waals surface area (Å²) in [5, 5.41) is 18.7. The van der Waals surface area contributed by atoms with E-state index in [1.807, 2.05) is 0 Å². The van der Waals surface area contributed by atoms with Gasteiger partial charge in [0.2, 0.25) is 12.3 Å². The van der Waals surface area contributed by atoms with E-state index in [2.05, 4.69) is 9.98 Å². The van der Waals surface area contributed by atoms with Gasteiger partial charge in [0, 0.05) is 24.2 Å². The van der Waals surface area contributed by atoms with Crippen molar-refractivity contribution in [2.45, 2.75) is 13.0 Å². The zero-order valence-corrected chi connectivity index (χ0v) is 19.8. The molecule has 3 aromatic rings. The van der Waals surface area contributed by atoms with Crippen molar-refractivity contribution >= 4 is 42.0 Å².